The van der Waals surface area contributed by atoms with Gasteiger partial charge in [0, 0.05) is 6.92 Å². The number of amides is 2. The van der Waals surface area contributed by atoms with E-state index in [9.17, 15) is 14.4 Å². The van der Waals surface area contributed by atoms with E-state index in [0.717, 1.165) is 0 Å². The fraction of sp³-hybridized carbons (Fsp3) is 0.250. The number of carbonyl (C=O) groups is 3. The summed E-state index contributed by atoms with van der Waals surface area (Å²) in [6.07, 6.45) is 0. The molecule has 1 aromatic rings. The van der Waals surface area contributed by atoms with Crippen LogP contribution >= 0.6 is 0 Å². The summed E-state index contributed by atoms with van der Waals surface area (Å²) in [4.78, 5) is 33.0. The summed E-state index contributed by atoms with van der Waals surface area (Å²) < 4.78 is 0. The predicted molar refractivity (Wildman–Crippen MR) is 66.8 cm³/mol. The maximum absolute atomic E-state index is 11.3. The molecule has 1 rings (SSSR count). The van der Waals surface area contributed by atoms with Crippen LogP contribution in [0.5, 0.6) is 0 Å². The molecule has 0 aromatic heterocycles. The number of aliphatic carboxylic acids is 1. The average Bonchev–Trinajstić information content (AvgIpc) is 2.37. The molecule has 19 heavy (non-hydrogen) atoms. The number of rotatable bonds is 5. The summed E-state index contributed by atoms with van der Waals surface area (Å²) in [5, 5.41) is 11.7. The zero-order valence-electron chi connectivity index (χ0n) is 10.3. The Hall–Kier alpha value is -2.41. The Morgan fingerprint density at radius 1 is 1.16 bits per heavy atom. The van der Waals surface area contributed by atoms with Crippen LogP contribution in [-0.2, 0) is 14.4 Å². The summed E-state index contributed by atoms with van der Waals surface area (Å²) >= 11 is 0. The van der Waals surface area contributed by atoms with Crippen LogP contribution < -0.4 is 16.2 Å². The molecule has 0 aliphatic heterocycles. The summed E-state index contributed by atoms with van der Waals surface area (Å²) in [6, 6.07) is 7.51. The molecule has 7 nitrogen and oxygen atoms in total. The third-order valence-electron chi connectivity index (χ3n) is 2.22. The van der Waals surface area contributed by atoms with Gasteiger partial charge in [-0.15, -0.1) is 0 Å². The Morgan fingerprint density at radius 2 is 1.79 bits per heavy atom. The maximum Gasteiger partial charge on any atom is 0.325 e. The molecule has 0 radical (unpaired) electrons. The zero-order valence-corrected chi connectivity index (χ0v) is 10.3. The van der Waals surface area contributed by atoms with Gasteiger partial charge in [-0.05, 0) is 5.56 Å². The summed E-state index contributed by atoms with van der Waals surface area (Å²) in [7, 11) is 0. The minimum Gasteiger partial charge on any atom is -0.480 e. The van der Waals surface area contributed by atoms with Crippen LogP contribution in [0, 0.1) is 0 Å². The van der Waals surface area contributed by atoms with Crippen molar-refractivity contribution in [2.75, 3.05) is 6.54 Å². The summed E-state index contributed by atoms with van der Waals surface area (Å²) in [5.41, 5.74) is 4.79. The smallest absolute Gasteiger partial charge is 0.325 e. The Morgan fingerprint density at radius 3 is 2.32 bits per heavy atom. The zero-order chi connectivity index (χ0) is 14.3. The number of carboxylic acids is 1. The second-order valence-electron chi connectivity index (χ2n) is 3.79. The number of hydrazine groups is 1. The largest absolute Gasteiger partial charge is 0.480 e. The van der Waals surface area contributed by atoms with Gasteiger partial charge in [-0.25, -0.2) is 0 Å². The fourth-order valence-electron chi connectivity index (χ4n) is 1.39. The Bertz CT molecular complexity index is 461. The Balaban J connectivity index is 2.54. The van der Waals surface area contributed by atoms with Crippen LogP contribution in [0.3, 0.4) is 0 Å². The van der Waals surface area contributed by atoms with E-state index in [2.05, 4.69) is 16.2 Å². The van der Waals surface area contributed by atoms with Gasteiger partial charge in [-0.3, -0.25) is 30.6 Å². The van der Waals surface area contributed by atoms with Crippen molar-refractivity contribution in [3.05, 3.63) is 35.9 Å². The van der Waals surface area contributed by atoms with Crippen LogP contribution in [0.25, 0.3) is 0 Å². The summed E-state index contributed by atoms with van der Waals surface area (Å²) in [6.45, 7) is 1.02. The first-order chi connectivity index (χ1) is 9.00. The van der Waals surface area contributed by atoms with E-state index >= 15 is 0 Å². The first kappa shape index (κ1) is 14.7. The van der Waals surface area contributed by atoms with Gasteiger partial charge in [0.25, 0.3) is 5.91 Å². The molecule has 2 amide bonds. The van der Waals surface area contributed by atoms with Crippen molar-refractivity contribution >= 4 is 17.8 Å². The topological polar surface area (TPSA) is 108 Å². The van der Waals surface area contributed by atoms with Crippen molar-refractivity contribution in [1.82, 2.24) is 16.2 Å². The molecule has 1 unspecified atom stereocenters. The lowest BCUT2D eigenvalue weighted by Crippen LogP contribution is -2.45. The third kappa shape index (κ3) is 5.17. The number of nitrogens with one attached hydrogen (secondary N) is 3. The summed E-state index contributed by atoms with van der Waals surface area (Å²) in [5.74, 6) is -2.03. The highest BCUT2D eigenvalue weighted by molar-refractivity contribution is 5.83. The van der Waals surface area contributed by atoms with Crippen molar-refractivity contribution in [2.45, 2.75) is 13.0 Å². The third-order valence-corrected chi connectivity index (χ3v) is 2.22. The van der Waals surface area contributed by atoms with Crippen molar-refractivity contribution < 1.29 is 19.5 Å². The van der Waals surface area contributed by atoms with Crippen LogP contribution in [0.15, 0.2) is 30.3 Å². The van der Waals surface area contributed by atoms with E-state index in [1.165, 1.54) is 6.92 Å². The van der Waals surface area contributed by atoms with Crippen molar-refractivity contribution in [1.29, 1.82) is 0 Å². The van der Waals surface area contributed by atoms with E-state index in [4.69, 9.17) is 5.11 Å². The fourth-order valence-corrected chi connectivity index (χ4v) is 1.39. The molecule has 0 aliphatic carbocycles. The number of hydrogen-bond acceptors (Lipinski definition) is 4. The molecule has 0 heterocycles. The molecule has 0 saturated heterocycles. The average molecular weight is 265 g/mol. The number of hydrogen-bond donors (Lipinski definition) is 4. The van der Waals surface area contributed by atoms with Gasteiger partial charge in [0.05, 0.1) is 6.54 Å². The van der Waals surface area contributed by atoms with E-state index in [1.807, 2.05) is 0 Å². The molecule has 0 spiro atoms. The van der Waals surface area contributed by atoms with E-state index in [1.54, 1.807) is 30.3 Å². The SMILES string of the molecule is CC(=O)NNC(=O)CNC(C(=O)O)c1ccccc1. The molecule has 0 saturated carbocycles. The molecule has 0 aliphatic rings. The Kier molecular flexibility index (Phi) is 5.49. The first-order valence-electron chi connectivity index (χ1n) is 5.57. The molecule has 4 N–H and O–H groups in total. The molecule has 1 aromatic carbocycles. The predicted octanol–water partition coefficient (Wildman–Crippen LogP) is -0.431. The monoisotopic (exact) mass is 265 g/mol. The molecular formula is C12H15N3O4. The van der Waals surface area contributed by atoms with Crippen molar-refractivity contribution in [3.63, 3.8) is 0 Å². The van der Waals surface area contributed by atoms with Gasteiger partial charge in [0.2, 0.25) is 5.91 Å². The van der Waals surface area contributed by atoms with Gasteiger partial charge < -0.3 is 5.11 Å². The minimum atomic E-state index is -1.08. The van der Waals surface area contributed by atoms with E-state index in [-0.39, 0.29) is 6.54 Å². The molecule has 102 valence electrons. The highest BCUT2D eigenvalue weighted by Gasteiger charge is 2.19. The molecule has 7 heteroatoms. The number of carbonyl (C=O) groups excluding carboxylic acids is 2. The van der Waals surface area contributed by atoms with Crippen LogP contribution in [-0.4, -0.2) is 29.4 Å². The lowest BCUT2D eigenvalue weighted by atomic mass is 10.1. The molecular weight excluding hydrogens is 250 g/mol. The second-order valence-corrected chi connectivity index (χ2v) is 3.79. The van der Waals surface area contributed by atoms with Gasteiger partial charge >= 0.3 is 5.97 Å². The standard InChI is InChI=1S/C12H15N3O4/c1-8(16)14-15-10(17)7-13-11(12(18)19)9-5-3-2-4-6-9/h2-6,11,13H,7H2,1H3,(H,14,16)(H,15,17)(H,18,19). The lowest BCUT2D eigenvalue weighted by Gasteiger charge is -2.14. The lowest BCUT2D eigenvalue weighted by molar-refractivity contribution is -0.139. The molecule has 0 bridgehead atoms. The van der Waals surface area contributed by atoms with Gasteiger partial charge in [-0.2, -0.15) is 0 Å². The Labute approximate surface area is 110 Å². The normalized spacial score (nSPS) is 11.4. The maximum atomic E-state index is 11.3. The highest BCUT2D eigenvalue weighted by atomic mass is 16.4. The molecule has 0 fully saturated rings. The number of benzene rings is 1. The quantitative estimate of drug-likeness (QED) is 0.540. The highest BCUT2D eigenvalue weighted by Crippen LogP contribution is 2.11. The van der Waals surface area contributed by atoms with Crippen molar-refractivity contribution in [2.24, 2.45) is 0 Å². The van der Waals surface area contributed by atoms with Crippen LogP contribution in [0.4, 0.5) is 0 Å². The van der Waals surface area contributed by atoms with E-state index in [0.29, 0.717) is 5.56 Å². The van der Waals surface area contributed by atoms with Gasteiger partial charge in [0.1, 0.15) is 6.04 Å². The van der Waals surface area contributed by atoms with Crippen molar-refractivity contribution in [3.8, 4) is 0 Å². The number of carboxylic acid groups (broad SMARTS) is 1. The van der Waals surface area contributed by atoms with Gasteiger partial charge in [0.15, 0.2) is 0 Å². The van der Waals surface area contributed by atoms with E-state index < -0.39 is 23.8 Å². The second kappa shape index (κ2) is 7.12. The van der Waals surface area contributed by atoms with Crippen LogP contribution in [0.2, 0.25) is 0 Å². The first-order valence-corrected chi connectivity index (χ1v) is 5.57. The van der Waals surface area contributed by atoms with Crippen LogP contribution in [0.1, 0.15) is 18.5 Å². The minimum absolute atomic E-state index is 0.230. The van der Waals surface area contributed by atoms with Gasteiger partial charge in [-0.1, -0.05) is 30.3 Å². The molecule has 1 atom stereocenters.